The molecule has 4 rings (SSSR count). The van der Waals surface area contributed by atoms with Gasteiger partial charge in [0.05, 0.1) is 26.5 Å². The third-order valence-corrected chi connectivity index (χ3v) is 5.33. The maximum Gasteiger partial charge on any atom is 0.410 e. The van der Waals surface area contributed by atoms with Crippen molar-refractivity contribution >= 4 is 17.4 Å². The summed E-state index contributed by atoms with van der Waals surface area (Å²) in [6.07, 6.45) is -3.66. The molecule has 0 saturated heterocycles. The zero-order valence-electron chi connectivity index (χ0n) is 17.3. The van der Waals surface area contributed by atoms with E-state index in [2.05, 4.69) is 15.7 Å². The van der Waals surface area contributed by atoms with Crippen LogP contribution in [-0.2, 0) is 0 Å². The van der Waals surface area contributed by atoms with E-state index < -0.39 is 24.2 Å². The lowest BCUT2D eigenvalue weighted by Gasteiger charge is -2.34. The second kappa shape index (κ2) is 8.45. The minimum Gasteiger partial charge on any atom is -0.497 e. The summed E-state index contributed by atoms with van der Waals surface area (Å²) in [6.45, 7) is 0. The van der Waals surface area contributed by atoms with E-state index in [0.29, 0.717) is 22.7 Å². The van der Waals surface area contributed by atoms with Gasteiger partial charge in [0.2, 0.25) is 0 Å². The fourth-order valence-electron chi connectivity index (χ4n) is 3.68. The molecule has 1 aliphatic rings. The molecule has 168 valence electrons. The molecule has 2 atom stereocenters. The summed E-state index contributed by atoms with van der Waals surface area (Å²) < 4.78 is 52.7. The minimum absolute atomic E-state index is 0.0115. The first kappa shape index (κ1) is 21.5. The van der Waals surface area contributed by atoms with Gasteiger partial charge in [0.25, 0.3) is 5.91 Å². The van der Waals surface area contributed by atoms with E-state index in [-0.39, 0.29) is 17.8 Å². The number of nitrogens with one attached hydrogen (secondary N) is 2. The first-order valence-corrected chi connectivity index (χ1v) is 9.80. The number of carbonyl (C=O) groups excluding carboxylic acids is 1. The normalized spacial score (nSPS) is 17.8. The van der Waals surface area contributed by atoms with Crippen molar-refractivity contribution < 1.29 is 27.4 Å². The molecule has 0 unspecified atom stereocenters. The van der Waals surface area contributed by atoms with Crippen LogP contribution in [0.4, 0.5) is 24.7 Å². The Bertz CT molecular complexity index is 1110. The standard InChI is InChI=1S/C22H21F3N4O3/c1-31-15-8-6-14(7-9-15)27-21(30)17-12-26-29-19(22(23,24)25)11-18(28-20(17)29)13-4-3-5-16(10-13)32-2/h3-10,12,18-19,28H,11H2,1-2H3,(H,27,30)/t18-,19+/m0/s1. The first-order valence-electron chi connectivity index (χ1n) is 9.80. The summed E-state index contributed by atoms with van der Waals surface area (Å²) in [4.78, 5) is 12.9. The van der Waals surface area contributed by atoms with Crippen molar-refractivity contribution in [3.63, 3.8) is 0 Å². The third kappa shape index (κ3) is 4.20. The van der Waals surface area contributed by atoms with Gasteiger partial charge in [-0.25, -0.2) is 4.68 Å². The first-order chi connectivity index (χ1) is 15.3. The van der Waals surface area contributed by atoms with Crippen molar-refractivity contribution in [2.45, 2.75) is 24.7 Å². The molecule has 2 N–H and O–H groups in total. The predicted molar refractivity (Wildman–Crippen MR) is 112 cm³/mol. The Morgan fingerprint density at radius 2 is 1.84 bits per heavy atom. The number of aromatic nitrogens is 2. The van der Waals surface area contributed by atoms with Crippen LogP contribution in [-0.4, -0.2) is 36.1 Å². The summed E-state index contributed by atoms with van der Waals surface area (Å²) >= 11 is 0. The van der Waals surface area contributed by atoms with Crippen molar-refractivity contribution in [1.82, 2.24) is 9.78 Å². The summed E-state index contributed by atoms with van der Waals surface area (Å²) in [5.74, 6) is 0.583. The van der Waals surface area contributed by atoms with Gasteiger partial charge in [0.1, 0.15) is 22.9 Å². The number of ether oxygens (including phenoxy) is 2. The van der Waals surface area contributed by atoms with Gasteiger partial charge in [0.15, 0.2) is 6.04 Å². The van der Waals surface area contributed by atoms with E-state index in [1.165, 1.54) is 14.2 Å². The number of rotatable bonds is 5. The highest BCUT2D eigenvalue weighted by atomic mass is 19.4. The molecule has 1 amide bonds. The molecule has 0 spiro atoms. The van der Waals surface area contributed by atoms with E-state index in [9.17, 15) is 18.0 Å². The molecule has 10 heteroatoms. The van der Waals surface area contributed by atoms with Crippen molar-refractivity contribution in [3.8, 4) is 11.5 Å². The van der Waals surface area contributed by atoms with Crippen molar-refractivity contribution in [2.24, 2.45) is 0 Å². The fourth-order valence-corrected chi connectivity index (χ4v) is 3.68. The SMILES string of the molecule is COc1ccc(NC(=O)c2cnn3c2N[C@H](c2cccc(OC)c2)C[C@@H]3C(F)(F)F)cc1. The van der Waals surface area contributed by atoms with Gasteiger partial charge in [-0.3, -0.25) is 4.79 Å². The van der Waals surface area contributed by atoms with Crippen molar-refractivity contribution in [2.75, 3.05) is 24.9 Å². The highest BCUT2D eigenvalue weighted by Crippen LogP contribution is 2.44. The summed E-state index contributed by atoms with van der Waals surface area (Å²) in [5.41, 5.74) is 1.11. The number of nitrogens with zero attached hydrogens (tertiary/aromatic N) is 2. The second-order valence-corrected chi connectivity index (χ2v) is 7.30. The summed E-state index contributed by atoms with van der Waals surface area (Å²) in [6, 6.07) is 10.9. The van der Waals surface area contributed by atoms with E-state index in [1.807, 2.05) is 0 Å². The van der Waals surface area contributed by atoms with Gasteiger partial charge in [-0.15, -0.1) is 0 Å². The number of hydrogen-bond donors (Lipinski definition) is 2. The van der Waals surface area contributed by atoms with Gasteiger partial charge < -0.3 is 20.1 Å². The zero-order valence-corrected chi connectivity index (χ0v) is 17.3. The van der Waals surface area contributed by atoms with Gasteiger partial charge >= 0.3 is 6.18 Å². The molecule has 0 aliphatic carbocycles. The van der Waals surface area contributed by atoms with Gasteiger partial charge in [0, 0.05) is 12.1 Å². The molecule has 0 radical (unpaired) electrons. The molecule has 1 aromatic heterocycles. The monoisotopic (exact) mass is 446 g/mol. The lowest BCUT2D eigenvalue weighted by molar-refractivity contribution is -0.173. The maximum absolute atomic E-state index is 13.9. The number of halogens is 3. The number of fused-ring (bicyclic) bond motifs is 1. The third-order valence-electron chi connectivity index (χ3n) is 5.33. The van der Waals surface area contributed by atoms with E-state index in [4.69, 9.17) is 9.47 Å². The molecule has 3 aromatic rings. The van der Waals surface area contributed by atoms with Crippen LogP contribution in [0.15, 0.2) is 54.7 Å². The fraction of sp³-hybridized carbons (Fsp3) is 0.273. The van der Waals surface area contributed by atoms with Crippen LogP contribution in [0.25, 0.3) is 0 Å². The smallest absolute Gasteiger partial charge is 0.410 e. The van der Waals surface area contributed by atoms with Crippen LogP contribution in [0.5, 0.6) is 11.5 Å². The predicted octanol–water partition coefficient (Wildman–Crippen LogP) is 4.81. The molecule has 0 bridgehead atoms. The quantitative estimate of drug-likeness (QED) is 0.588. The molecule has 7 nitrogen and oxygen atoms in total. The maximum atomic E-state index is 13.9. The number of anilines is 2. The van der Waals surface area contributed by atoms with Crippen LogP contribution in [0.2, 0.25) is 0 Å². The summed E-state index contributed by atoms with van der Waals surface area (Å²) in [5, 5.41) is 9.63. The molecule has 0 fully saturated rings. The Kier molecular flexibility index (Phi) is 5.68. The Morgan fingerprint density at radius 1 is 1.12 bits per heavy atom. The van der Waals surface area contributed by atoms with Crippen LogP contribution < -0.4 is 20.1 Å². The Morgan fingerprint density at radius 3 is 2.50 bits per heavy atom. The number of benzene rings is 2. The molecular weight excluding hydrogens is 425 g/mol. The number of methoxy groups -OCH3 is 2. The van der Waals surface area contributed by atoms with Crippen LogP contribution >= 0.6 is 0 Å². The molecular formula is C22H21F3N4O3. The molecule has 32 heavy (non-hydrogen) atoms. The molecule has 2 aromatic carbocycles. The number of alkyl halides is 3. The van der Waals surface area contributed by atoms with E-state index in [0.717, 1.165) is 10.9 Å². The molecule has 1 aliphatic heterocycles. The van der Waals surface area contributed by atoms with E-state index in [1.54, 1.807) is 48.5 Å². The highest BCUT2D eigenvalue weighted by Gasteiger charge is 2.47. The average Bonchev–Trinajstić information content (AvgIpc) is 3.22. The second-order valence-electron chi connectivity index (χ2n) is 7.30. The highest BCUT2D eigenvalue weighted by molar-refractivity contribution is 6.07. The van der Waals surface area contributed by atoms with Crippen LogP contribution in [0.1, 0.15) is 34.4 Å². The Labute approximate surface area is 182 Å². The number of hydrogen-bond acceptors (Lipinski definition) is 5. The van der Waals surface area contributed by atoms with Gasteiger partial charge in [-0.2, -0.15) is 18.3 Å². The lowest BCUT2D eigenvalue weighted by Crippen LogP contribution is -2.36. The van der Waals surface area contributed by atoms with Crippen molar-refractivity contribution in [3.05, 3.63) is 65.9 Å². The lowest BCUT2D eigenvalue weighted by atomic mass is 9.96. The molecule has 0 saturated carbocycles. The zero-order chi connectivity index (χ0) is 22.9. The average molecular weight is 446 g/mol. The number of amides is 1. The topological polar surface area (TPSA) is 77.4 Å². The van der Waals surface area contributed by atoms with E-state index >= 15 is 0 Å². The minimum atomic E-state index is -4.54. The van der Waals surface area contributed by atoms with Gasteiger partial charge in [-0.1, -0.05) is 12.1 Å². The Balaban J connectivity index is 1.66. The molecule has 2 heterocycles. The Hall–Kier alpha value is -3.69. The van der Waals surface area contributed by atoms with Crippen LogP contribution in [0.3, 0.4) is 0 Å². The summed E-state index contributed by atoms with van der Waals surface area (Å²) in [7, 11) is 3.01. The van der Waals surface area contributed by atoms with Crippen molar-refractivity contribution in [1.29, 1.82) is 0 Å². The van der Waals surface area contributed by atoms with Crippen LogP contribution in [0, 0.1) is 0 Å². The number of carbonyl (C=O) groups is 1. The largest absolute Gasteiger partial charge is 0.497 e. The van der Waals surface area contributed by atoms with Gasteiger partial charge in [-0.05, 0) is 42.0 Å².